The van der Waals surface area contributed by atoms with Crippen LogP contribution in [0.4, 0.5) is 4.79 Å². The number of carbonyl (C=O) groups excluding carboxylic acids is 1. The second kappa shape index (κ2) is 4.85. The third kappa shape index (κ3) is 2.45. The summed E-state index contributed by atoms with van der Waals surface area (Å²) < 4.78 is 5.34. The van der Waals surface area contributed by atoms with Gasteiger partial charge in [-0.1, -0.05) is 30.3 Å². The highest BCUT2D eigenvalue weighted by Crippen LogP contribution is 2.46. The van der Waals surface area contributed by atoms with Crippen molar-refractivity contribution in [2.75, 3.05) is 20.1 Å². The first-order valence-corrected chi connectivity index (χ1v) is 6.83. The van der Waals surface area contributed by atoms with Crippen LogP contribution in [0.1, 0.15) is 18.4 Å². The molecule has 3 rings (SSSR count). The van der Waals surface area contributed by atoms with Gasteiger partial charge in [0.25, 0.3) is 0 Å². The van der Waals surface area contributed by atoms with Crippen molar-refractivity contribution in [2.45, 2.75) is 25.5 Å². The first-order valence-electron chi connectivity index (χ1n) is 6.83. The smallest absolute Gasteiger partial charge is 0.410 e. The molecule has 4 nitrogen and oxygen atoms in total. The van der Waals surface area contributed by atoms with Gasteiger partial charge in [-0.15, -0.1) is 0 Å². The molecule has 1 aliphatic carbocycles. The largest absolute Gasteiger partial charge is 0.445 e. The third-order valence-corrected chi connectivity index (χ3v) is 4.38. The number of rotatable bonds is 3. The van der Waals surface area contributed by atoms with E-state index in [4.69, 9.17) is 4.74 Å². The van der Waals surface area contributed by atoms with Gasteiger partial charge in [0.2, 0.25) is 0 Å². The number of nitrogens with zero attached hydrogens (tertiary/aromatic N) is 1. The summed E-state index contributed by atoms with van der Waals surface area (Å²) in [6.45, 7) is 2.57. The number of nitrogens with one attached hydrogen (secondary N) is 1. The molecule has 1 heterocycles. The van der Waals surface area contributed by atoms with E-state index in [1.54, 1.807) is 4.90 Å². The van der Waals surface area contributed by atoms with Gasteiger partial charge in [-0.05, 0) is 23.8 Å². The molecule has 0 atom stereocenters. The Labute approximate surface area is 113 Å². The maximum absolute atomic E-state index is 12.0. The summed E-state index contributed by atoms with van der Waals surface area (Å²) in [4.78, 5) is 13.7. The summed E-state index contributed by atoms with van der Waals surface area (Å²) >= 11 is 0. The van der Waals surface area contributed by atoms with Crippen LogP contribution in [-0.4, -0.2) is 37.2 Å². The Morgan fingerprint density at radius 2 is 2.05 bits per heavy atom. The normalized spacial score (nSPS) is 20.5. The molecule has 0 radical (unpaired) electrons. The molecule has 19 heavy (non-hydrogen) atoms. The van der Waals surface area contributed by atoms with Crippen LogP contribution in [-0.2, 0) is 11.3 Å². The SMILES string of the molecule is CN(C(=O)OCc1ccccc1)C1CC2(CNC2)C1. The van der Waals surface area contributed by atoms with Gasteiger partial charge in [-0.3, -0.25) is 0 Å². The van der Waals surface area contributed by atoms with Gasteiger partial charge in [0.05, 0.1) is 0 Å². The van der Waals surface area contributed by atoms with Crippen LogP contribution in [0.5, 0.6) is 0 Å². The van der Waals surface area contributed by atoms with Crippen molar-refractivity contribution < 1.29 is 9.53 Å². The summed E-state index contributed by atoms with van der Waals surface area (Å²) in [5.41, 5.74) is 1.51. The van der Waals surface area contributed by atoms with Crippen LogP contribution in [0.3, 0.4) is 0 Å². The number of carbonyl (C=O) groups is 1. The third-order valence-electron chi connectivity index (χ3n) is 4.38. The van der Waals surface area contributed by atoms with Gasteiger partial charge in [0.15, 0.2) is 0 Å². The lowest BCUT2D eigenvalue weighted by atomic mass is 9.61. The zero-order valence-corrected chi connectivity index (χ0v) is 11.3. The molecule has 0 unspecified atom stereocenters. The number of hydrogen-bond donors (Lipinski definition) is 1. The van der Waals surface area contributed by atoms with Crippen LogP contribution in [0.2, 0.25) is 0 Å². The Hall–Kier alpha value is -1.55. The number of benzene rings is 1. The zero-order chi connectivity index (χ0) is 13.3. The molecule has 1 aliphatic heterocycles. The predicted octanol–water partition coefficient (Wildman–Crippen LogP) is 2.01. The van der Waals surface area contributed by atoms with Crippen molar-refractivity contribution in [2.24, 2.45) is 5.41 Å². The summed E-state index contributed by atoms with van der Waals surface area (Å²) in [6, 6.07) is 10.1. The molecule has 1 N–H and O–H groups in total. The number of hydrogen-bond acceptors (Lipinski definition) is 3. The van der Waals surface area contributed by atoms with Crippen LogP contribution in [0.25, 0.3) is 0 Å². The minimum absolute atomic E-state index is 0.212. The van der Waals surface area contributed by atoms with Crippen molar-refractivity contribution in [1.29, 1.82) is 0 Å². The van der Waals surface area contributed by atoms with E-state index in [-0.39, 0.29) is 6.09 Å². The van der Waals surface area contributed by atoms with Crippen molar-refractivity contribution in [3.05, 3.63) is 35.9 Å². The average Bonchev–Trinajstić information content (AvgIpc) is 2.33. The van der Waals surface area contributed by atoms with E-state index in [9.17, 15) is 4.79 Å². The van der Waals surface area contributed by atoms with E-state index in [1.165, 1.54) is 0 Å². The second-order valence-corrected chi connectivity index (χ2v) is 5.82. The zero-order valence-electron chi connectivity index (χ0n) is 11.3. The molecule has 0 aromatic heterocycles. The molecule has 102 valence electrons. The maximum atomic E-state index is 12.0. The van der Waals surface area contributed by atoms with Crippen molar-refractivity contribution in [1.82, 2.24) is 10.2 Å². The lowest BCUT2D eigenvalue weighted by Gasteiger charge is -2.56. The van der Waals surface area contributed by atoms with E-state index >= 15 is 0 Å². The Bertz CT molecular complexity index is 448. The molecule has 1 aromatic rings. The molecule has 1 saturated carbocycles. The van der Waals surface area contributed by atoms with Crippen LogP contribution in [0, 0.1) is 5.41 Å². The van der Waals surface area contributed by atoms with Gasteiger partial charge < -0.3 is 15.0 Å². The van der Waals surface area contributed by atoms with Crippen molar-refractivity contribution >= 4 is 6.09 Å². The lowest BCUT2D eigenvalue weighted by Crippen LogP contribution is -2.65. The fourth-order valence-electron chi connectivity index (χ4n) is 2.95. The Balaban J connectivity index is 1.45. The Morgan fingerprint density at radius 1 is 1.37 bits per heavy atom. The molecular weight excluding hydrogens is 240 g/mol. The average molecular weight is 260 g/mol. The Morgan fingerprint density at radius 3 is 2.63 bits per heavy atom. The summed E-state index contributed by atoms with van der Waals surface area (Å²) in [7, 11) is 1.84. The van der Waals surface area contributed by atoms with E-state index < -0.39 is 0 Å². The minimum Gasteiger partial charge on any atom is -0.445 e. The summed E-state index contributed by atoms with van der Waals surface area (Å²) in [5, 5.41) is 3.30. The van der Waals surface area contributed by atoms with Gasteiger partial charge in [-0.25, -0.2) is 4.79 Å². The van der Waals surface area contributed by atoms with Gasteiger partial charge in [-0.2, -0.15) is 0 Å². The molecule has 0 bridgehead atoms. The van der Waals surface area contributed by atoms with Crippen LogP contribution in [0.15, 0.2) is 30.3 Å². The highest BCUT2D eigenvalue weighted by molar-refractivity contribution is 5.68. The molecule has 1 amide bonds. The minimum atomic E-state index is -0.212. The molecule has 2 fully saturated rings. The Kier molecular flexibility index (Phi) is 3.19. The number of amides is 1. The highest BCUT2D eigenvalue weighted by Gasteiger charge is 2.50. The number of ether oxygens (including phenoxy) is 1. The van der Waals surface area contributed by atoms with Crippen molar-refractivity contribution in [3.8, 4) is 0 Å². The van der Waals surface area contributed by atoms with Gasteiger partial charge in [0, 0.05) is 26.2 Å². The summed E-state index contributed by atoms with van der Waals surface area (Å²) in [5.74, 6) is 0. The molecule has 2 aliphatic rings. The molecule has 1 saturated heterocycles. The maximum Gasteiger partial charge on any atom is 0.410 e. The molecule has 1 aromatic carbocycles. The molecule has 1 spiro atoms. The predicted molar refractivity (Wildman–Crippen MR) is 72.7 cm³/mol. The quantitative estimate of drug-likeness (QED) is 0.904. The standard InChI is InChI=1S/C15H20N2O2/c1-17(13-7-15(8-13)10-16-11-15)14(18)19-9-12-5-3-2-4-6-12/h2-6,13,16H,7-11H2,1H3. The first kappa shape index (κ1) is 12.5. The monoisotopic (exact) mass is 260 g/mol. The van der Waals surface area contributed by atoms with Gasteiger partial charge >= 0.3 is 6.09 Å². The van der Waals surface area contributed by atoms with E-state index in [2.05, 4.69) is 5.32 Å². The second-order valence-electron chi connectivity index (χ2n) is 5.82. The lowest BCUT2D eigenvalue weighted by molar-refractivity contribution is -0.0260. The topological polar surface area (TPSA) is 41.6 Å². The molecular formula is C15H20N2O2. The van der Waals surface area contributed by atoms with E-state index in [0.29, 0.717) is 18.1 Å². The summed E-state index contributed by atoms with van der Waals surface area (Å²) in [6.07, 6.45) is 2.00. The van der Waals surface area contributed by atoms with E-state index in [0.717, 1.165) is 31.5 Å². The fraction of sp³-hybridized carbons (Fsp3) is 0.533. The van der Waals surface area contributed by atoms with Gasteiger partial charge in [0.1, 0.15) is 6.61 Å². The fourth-order valence-corrected chi connectivity index (χ4v) is 2.95. The first-order chi connectivity index (χ1) is 9.19. The van der Waals surface area contributed by atoms with E-state index in [1.807, 2.05) is 37.4 Å². The highest BCUT2D eigenvalue weighted by atomic mass is 16.6. The van der Waals surface area contributed by atoms with Crippen LogP contribution >= 0.6 is 0 Å². The molecule has 4 heteroatoms. The van der Waals surface area contributed by atoms with Crippen molar-refractivity contribution in [3.63, 3.8) is 0 Å². The van der Waals surface area contributed by atoms with Crippen LogP contribution < -0.4 is 5.32 Å².